The maximum absolute atomic E-state index is 14.7. The van der Waals surface area contributed by atoms with E-state index in [1.54, 1.807) is 12.3 Å². The topological polar surface area (TPSA) is 111 Å². The van der Waals surface area contributed by atoms with Gasteiger partial charge in [0.1, 0.15) is 17.4 Å². The average Bonchev–Trinajstić information content (AvgIpc) is 3.51. The molecule has 5 heterocycles. The SMILES string of the molecule is Cc1cc2cc(Oc3nc(Nc4cc(-c5ccccn5)[nH]n4)cc(N4CCN(C)CC4)n3)cc(F)c2[nH]1. The third kappa shape index (κ3) is 4.94. The lowest BCUT2D eigenvalue weighted by molar-refractivity contribution is 0.311. The van der Waals surface area contributed by atoms with Gasteiger partial charge in [0, 0.05) is 61.7 Å². The zero-order valence-corrected chi connectivity index (χ0v) is 20.5. The second-order valence-corrected chi connectivity index (χ2v) is 9.11. The minimum Gasteiger partial charge on any atom is -0.424 e. The number of anilines is 3. The van der Waals surface area contributed by atoms with Crippen LogP contribution in [0.1, 0.15) is 5.69 Å². The van der Waals surface area contributed by atoms with Crippen molar-refractivity contribution < 1.29 is 9.13 Å². The molecular weight excluding hydrogens is 473 g/mol. The summed E-state index contributed by atoms with van der Waals surface area (Å²) in [4.78, 5) is 21.0. The highest BCUT2D eigenvalue weighted by molar-refractivity contribution is 5.82. The van der Waals surface area contributed by atoms with Crippen molar-refractivity contribution in [2.24, 2.45) is 0 Å². The van der Waals surface area contributed by atoms with Crippen LogP contribution in [-0.2, 0) is 0 Å². The summed E-state index contributed by atoms with van der Waals surface area (Å²) in [5, 5.41) is 11.3. The molecule has 188 valence electrons. The fourth-order valence-electron chi connectivity index (χ4n) is 4.37. The van der Waals surface area contributed by atoms with E-state index >= 15 is 0 Å². The Morgan fingerprint density at radius 3 is 2.68 bits per heavy atom. The van der Waals surface area contributed by atoms with Crippen molar-refractivity contribution in [1.82, 2.24) is 35.0 Å². The van der Waals surface area contributed by atoms with Gasteiger partial charge >= 0.3 is 6.01 Å². The third-order valence-electron chi connectivity index (χ3n) is 6.29. The molecule has 1 fully saturated rings. The fourth-order valence-corrected chi connectivity index (χ4v) is 4.37. The number of benzene rings is 1. The van der Waals surface area contributed by atoms with Crippen LogP contribution in [0.5, 0.6) is 11.8 Å². The zero-order valence-electron chi connectivity index (χ0n) is 20.5. The van der Waals surface area contributed by atoms with Gasteiger partial charge in [-0.25, -0.2) is 4.39 Å². The Balaban J connectivity index is 1.32. The molecule has 0 saturated carbocycles. The van der Waals surface area contributed by atoms with Crippen LogP contribution in [0, 0.1) is 12.7 Å². The highest BCUT2D eigenvalue weighted by Crippen LogP contribution is 2.30. The average molecular weight is 500 g/mol. The van der Waals surface area contributed by atoms with Gasteiger partial charge in [-0.3, -0.25) is 10.1 Å². The molecule has 0 amide bonds. The molecular formula is C26H26FN9O. The number of halogens is 1. The van der Waals surface area contributed by atoms with E-state index in [9.17, 15) is 4.39 Å². The molecule has 1 aliphatic rings. The number of H-pyrrole nitrogens is 2. The number of aromatic nitrogens is 6. The standard InChI is InChI=1S/C26H26FN9O/c1-16-11-17-12-18(13-19(27)25(17)29-16)37-26-31-22(15-24(32-26)36-9-7-35(2)8-10-36)30-23-14-21(33-34-23)20-5-3-4-6-28-20/h3-6,11-15,29H,7-10H2,1-2H3,(H2,30,31,32,33,34). The molecule has 37 heavy (non-hydrogen) atoms. The van der Waals surface area contributed by atoms with Gasteiger partial charge in [0.15, 0.2) is 11.6 Å². The number of nitrogens with zero attached hydrogens (tertiary/aromatic N) is 6. The Bertz CT molecular complexity index is 1540. The molecule has 1 aromatic carbocycles. The first-order chi connectivity index (χ1) is 18.0. The molecule has 3 N–H and O–H groups in total. The molecule has 0 bridgehead atoms. The molecule has 0 radical (unpaired) electrons. The zero-order chi connectivity index (χ0) is 25.4. The largest absolute Gasteiger partial charge is 0.424 e. The van der Waals surface area contributed by atoms with Gasteiger partial charge in [0.05, 0.1) is 16.9 Å². The van der Waals surface area contributed by atoms with Crippen LogP contribution in [0.25, 0.3) is 22.3 Å². The van der Waals surface area contributed by atoms with Gasteiger partial charge in [-0.15, -0.1) is 0 Å². The minimum atomic E-state index is -0.396. The van der Waals surface area contributed by atoms with Crippen molar-refractivity contribution in [3.8, 4) is 23.1 Å². The van der Waals surface area contributed by atoms with Crippen LogP contribution < -0.4 is 15.0 Å². The Kier molecular flexibility index (Phi) is 5.89. The highest BCUT2D eigenvalue weighted by Gasteiger charge is 2.19. The Morgan fingerprint density at radius 1 is 1.00 bits per heavy atom. The molecule has 0 atom stereocenters. The van der Waals surface area contributed by atoms with Crippen molar-refractivity contribution in [3.05, 3.63) is 66.2 Å². The molecule has 10 nitrogen and oxygen atoms in total. The Morgan fingerprint density at radius 2 is 1.86 bits per heavy atom. The molecule has 6 rings (SSSR count). The van der Waals surface area contributed by atoms with E-state index in [4.69, 9.17) is 4.74 Å². The summed E-state index contributed by atoms with van der Waals surface area (Å²) >= 11 is 0. The van der Waals surface area contributed by atoms with E-state index in [-0.39, 0.29) is 6.01 Å². The Labute approximate surface area is 212 Å². The van der Waals surface area contributed by atoms with Crippen molar-refractivity contribution in [1.29, 1.82) is 0 Å². The monoisotopic (exact) mass is 499 g/mol. The number of hydrogen-bond acceptors (Lipinski definition) is 8. The summed E-state index contributed by atoms with van der Waals surface area (Å²) in [6.45, 7) is 5.37. The van der Waals surface area contributed by atoms with E-state index in [2.05, 4.69) is 52.3 Å². The molecule has 0 spiro atoms. The van der Waals surface area contributed by atoms with Crippen molar-refractivity contribution >= 4 is 28.4 Å². The minimum absolute atomic E-state index is 0.116. The van der Waals surface area contributed by atoms with Gasteiger partial charge in [0.25, 0.3) is 0 Å². The van der Waals surface area contributed by atoms with Crippen LogP contribution in [-0.4, -0.2) is 68.3 Å². The van der Waals surface area contributed by atoms with Crippen LogP contribution in [0.15, 0.2) is 54.7 Å². The lowest BCUT2D eigenvalue weighted by atomic mass is 10.2. The van der Waals surface area contributed by atoms with Crippen molar-refractivity contribution in [2.75, 3.05) is 43.4 Å². The van der Waals surface area contributed by atoms with Crippen LogP contribution in [0.4, 0.5) is 21.8 Å². The normalized spacial score (nSPS) is 14.3. The third-order valence-corrected chi connectivity index (χ3v) is 6.29. The van der Waals surface area contributed by atoms with Gasteiger partial charge in [-0.1, -0.05) is 6.07 Å². The number of ether oxygens (including phenoxy) is 1. The highest BCUT2D eigenvalue weighted by atomic mass is 19.1. The summed E-state index contributed by atoms with van der Waals surface area (Å²) in [5.74, 6) is 1.73. The Hall–Kier alpha value is -4.51. The van der Waals surface area contributed by atoms with Crippen LogP contribution in [0.2, 0.25) is 0 Å². The van der Waals surface area contributed by atoms with Crippen LogP contribution >= 0.6 is 0 Å². The predicted octanol–water partition coefficient (Wildman–Crippen LogP) is 4.48. The number of aromatic amines is 2. The second-order valence-electron chi connectivity index (χ2n) is 9.11. The lowest BCUT2D eigenvalue weighted by Gasteiger charge is -2.33. The molecule has 1 saturated heterocycles. The molecule has 5 aromatic rings. The number of pyridine rings is 1. The fraction of sp³-hybridized carbons (Fsp3) is 0.231. The van der Waals surface area contributed by atoms with Gasteiger partial charge in [-0.05, 0) is 38.2 Å². The van der Waals surface area contributed by atoms with E-state index in [0.29, 0.717) is 22.9 Å². The first-order valence-electron chi connectivity index (χ1n) is 12.0. The van der Waals surface area contributed by atoms with Crippen LogP contribution in [0.3, 0.4) is 0 Å². The number of rotatable bonds is 6. The van der Waals surface area contributed by atoms with E-state index in [1.807, 2.05) is 43.3 Å². The number of likely N-dealkylation sites (N-methyl/N-ethyl adjacent to an activating group) is 1. The molecule has 0 unspecified atom stereocenters. The quantitative estimate of drug-likeness (QED) is 0.314. The number of fused-ring (bicyclic) bond motifs is 1. The summed E-state index contributed by atoms with van der Waals surface area (Å²) in [5.41, 5.74) is 2.88. The molecule has 0 aliphatic carbocycles. The van der Waals surface area contributed by atoms with Gasteiger partial charge in [0.2, 0.25) is 0 Å². The maximum Gasteiger partial charge on any atom is 0.325 e. The maximum atomic E-state index is 14.7. The first kappa shape index (κ1) is 22.9. The van der Waals surface area contributed by atoms with E-state index < -0.39 is 5.82 Å². The summed E-state index contributed by atoms with van der Waals surface area (Å²) < 4.78 is 20.7. The second kappa shape index (κ2) is 9.51. The van der Waals surface area contributed by atoms with Crippen molar-refractivity contribution in [2.45, 2.75) is 6.92 Å². The summed E-state index contributed by atoms with van der Waals surface area (Å²) in [6.07, 6.45) is 1.73. The molecule has 4 aromatic heterocycles. The van der Waals surface area contributed by atoms with Gasteiger partial charge in [-0.2, -0.15) is 15.1 Å². The lowest BCUT2D eigenvalue weighted by Crippen LogP contribution is -2.44. The number of piperazine rings is 1. The molecule has 11 heteroatoms. The van der Waals surface area contributed by atoms with E-state index in [1.165, 1.54) is 6.07 Å². The van der Waals surface area contributed by atoms with E-state index in [0.717, 1.165) is 54.5 Å². The smallest absolute Gasteiger partial charge is 0.325 e. The predicted molar refractivity (Wildman–Crippen MR) is 140 cm³/mol. The number of aryl methyl sites for hydroxylation is 1. The summed E-state index contributed by atoms with van der Waals surface area (Å²) in [6, 6.07) is 14.5. The van der Waals surface area contributed by atoms with Crippen molar-refractivity contribution in [3.63, 3.8) is 0 Å². The molecule has 1 aliphatic heterocycles. The number of nitrogens with one attached hydrogen (secondary N) is 3. The number of hydrogen-bond donors (Lipinski definition) is 3. The first-order valence-corrected chi connectivity index (χ1v) is 12.0. The van der Waals surface area contributed by atoms with Gasteiger partial charge < -0.3 is 24.8 Å². The summed E-state index contributed by atoms with van der Waals surface area (Å²) in [7, 11) is 2.10.